The van der Waals surface area contributed by atoms with Crippen molar-refractivity contribution < 1.29 is 9.47 Å². The van der Waals surface area contributed by atoms with Crippen molar-refractivity contribution in [3.05, 3.63) is 16.8 Å². The summed E-state index contributed by atoms with van der Waals surface area (Å²) in [5.41, 5.74) is 1.34. The molecule has 6 heteroatoms. The highest BCUT2D eigenvalue weighted by Crippen LogP contribution is 2.46. The first kappa shape index (κ1) is 18.7. The maximum absolute atomic E-state index is 6.42. The van der Waals surface area contributed by atoms with Gasteiger partial charge in [-0.3, -0.25) is 0 Å². The first-order valence-electron chi connectivity index (χ1n) is 9.78. The van der Waals surface area contributed by atoms with Gasteiger partial charge in [-0.05, 0) is 58.2 Å². The molecule has 2 aliphatic rings. The molecule has 0 amide bonds. The first-order valence-corrected chi connectivity index (χ1v) is 10.6. The normalized spacial score (nSPS) is 24.9. The second kappa shape index (κ2) is 8.14. The lowest BCUT2D eigenvalue weighted by atomic mass is 9.92. The number of nitrogens with zero attached hydrogens (tertiary/aromatic N) is 3. The second-order valence-electron chi connectivity index (χ2n) is 7.76. The smallest absolute Gasteiger partial charge is 0.225 e. The molecule has 1 saturated carbocycles. The van der Waals surface area contributed by atoms with Gasteiger partial charge in [0.1, 0.15) is 23.9 Å². The average Bonchev–Trinajstić information content (AvgIpc) is 3.22. The van der Waals surface area contributed by atoms with Gasteiger partial charge >= 0.3 is 0 Å². The van der Waals surface area contributed by atoms with E-state index in [1.165, 1.54) is 23.3 Å². The summed E-state index contributed by atoms with van der Waals surface area (Å²) in [5.74, 6) is 3.67. The molecule has 5 nitrogen and oxygen atoms in total. The summed E-state index contributed by atoms with van der Waals surface area (Å²) in [6.07, 6.45) is 13.9. The number of aryl methyl sites for hydroxylation is 1. The summed E-state index contributed by atoms with van der Waals surface area (Å²) in [5, 5.41) is 1.11. The van der Waals surface area contributed by atoms with E-state index in [4.69, 9.17) is 15.9 Å². The first-order chi connectivity index (χ1) is 13.2. The van der Waals surface area contributed by atoms with E-state index in [0.717, 1.165) is 41.8 Å². The lowest BCUT2D eigenvalue weighted by molar-refractivity contribution is 0.108. The fourth-order valence-electron chi connectivity index (χ4n) is 4.39. The molecular formula is C21H27N3O2S. The number of hydrogen-bond donors (Lipinski definition) is 0. The predicted octanol–water partition coefficient (Wildman–Crippen LogP) is 3.62. The van der Waals surface area contributed by atoms with Crippen LogP contribution in [0.1, 0.15) is 48.5 Å². The Hall–Kier alpha value is -1.68. The van der Waals surface area contributed by atoms with Crippen molar-refractivity contribution in [3.63, 3.8) is 0 Å². The van der Waals surface area contributed by atoms with Gasteiger partial charge in [0, 0.05) is 16.8 Å². The molecule has 2 aromatic heterocycles. The molecule has 2 aromatic rings. The van der Waals surface area contributed by atoms with Gasteiger partial charge < -0.3 is 14.4 Å². The van der Waals surface area contributed by atoms with Crippen LogP contribution in [0.3, 0.4) is 0 Å². The zero-order chi connectivity index (χ0) is 18.8. The second-order valence-corrected chi connectivity index (χ2v) is 8.85. The molecule has 0 spiro atoms. The molecule has 2 aliphatic carbocycles. The van der Waals surface area contributed by atoms with Crippen LogP contribution in [0, 0.1) is 12.3 Å². The van der Waals surface area contributed by atoms with E-state index in [0.29, 0.717) is 25.2 Å². The Kier molecular flexibility index (Phi) is 5.63. The maximum atomic E-state index is 6.42. The van der Waals surface area contributed by atoms with Crippen LogP contribution >= 0.6 is 11.3 Å². The number of thiophene rings is 1. The van der Waals surface area contributed by atoms with E-state index in [1.807, 2.05) is 0 Å². The summed E-state index contributed by atoms with van der Waals surface area (Å²) in [4.78, 5) is 13.8. The lowest BCUT2D eigenvalue weighted by Gasteiger charge is -2.32. The number of terminal acetylenes is 1. The number of ether oxygens (including phenoxy) is 2. The van der Waals surface area contributed by atoms with E-state index in [2.05, 4.69) is 34.9 Å². The molecule has 27 heavy (non-hydrogen) atoms. The Morgan fingerprint density at radius 2 is 2.04 bits per heavy atom. The van der Waals surface area contributed by atoms with Crippen molar-refractivity contribution in [2.45, 2.75) is 56.6 Å². The molecule has 0 aromatic carbocycles. The van der Waals surface area contributed by atoms with Gasteiger partial charge in [-0.25, -0.2) is 9.97 Å². The van der Waals surface area contributed by atoms with Crippen LogP contribution in [0.4, 0.5) is 0 Å². The third kappa shape index (κ3) is 3.82. The summed E-state index contributed by atoms with van der Waals surface area (Å²) in [6.45, 7) is 1.02. The van der Waals surface area contributed by atoms with Crippen molar-refractivity contribution in [3.8, 4) is 18.2 Å². The topological polar surface area (TPSA) is 47.5 Å². The van der Waals surface area contributed by atoms with Crippen LogP contribution in [0.5, 0.6) is 5.88 Å². The number of fused-ring (bicyclic) bond motifs is 3. The molecule has 0 bridgehead atoms. The largest absolute Gasteiger partial charge is 0.474 e. The standard InChI is InChI=1S/C21H27N3O2S/c1-4-11-25-12-14-5-10-17-18(14)19-20(22-13-23-21(19)27-17)26-16-8-6-15(7-9-16)24(2)3/h1,13-16H,5-12H2,2-3H3/t14-,15-,16-/m1/s1. The highest BCUT2D eigenvalue weighted by Gasteiger charge is 2.31. The van der Waals surface area contributed by atoms with Crippen molar-refractivity contribution in [2.75, 3.05) is 27.3 Å². The van der Waals surface area contributed by atoms with Crippen LogP contribution in [0.15, 0.2) is 6.33 Å². The molecule has 0 radical (unpaired) electrons. The van der Waals surface area contributed by atoms with Crippen molar-refractivity contribution in [1.82, 2.24) is 14.9 Å². The van der Waals surface area contributed by atoms with Gasteiger partial charge in [0.05, 0.1) is 12.0 Å². The lowest BCUT2D eigenvalue weighted by Crippen LogP contribution is -2.35. The minimum Gasteiger partial charge on any atom is -0.474 e. The summed E-state index contributed by atoms with van der Waals surface area (Å²) in [6, 6.07) is 0.665. The Bertz CT molecular complexity index is 834. The molecule has 0 saturated heterocycles. The summed E-state index contributed by atoms with van der Waals surface area (Å²) < 4.78 is 12.1. The molecule has 1 fully saturated rings. The van der Waals surface area contributed by atoms with Gasteiger partial charge in [-0.2, -0.15) is 0 Å². The Morgan fingerprint density at radius 3 is 2.78 bits per heavy atom. The van der Waals surface area contributed by atoms with E-state index in [1.54, 1.807) is 17.7 Å². The third-order valence-corrected chi connectivity index (χ3v) is 7.03. The molecule has 1 atom stereocenters. The molecule has 0 N–H and O–H groups in total. The molecular weight excluding hydrogens is 358 g/mol. The zero-order valence-electron chi connectivity index (χ0n) is 16.1. The maximum Gasteiger partial charge on any atom is 0.225 e. The van der Waals surface area contributed by atoms with Crippen LogP contribution in [-0.2, 0) is 11.2 Å². The fourth-order valence-corrected chi connectivity index (χ4v) is 5.63. The summed E-state index contributed by atoms with van der Waals surface area (Å²) in [7, 11) is 4.33. The van der Waals surface area contributed by atoms with Gasteiger partial charge in [0.15, 0.2) is 0 Å². The number of aromatic nitrogens is 2. The molecule has 144 valence electrons. The molecule has 0 unspecified atom stereocenters. The van der Waals surface area contributed by atoms with E-state index in [9.17, 15) is 0 Å². The van der Waals surface area contributed by atoms with E-state index >= 15 is 0 Å². The Labute approximate surface area is 165 Å². The van der Waals surface area contributed by atoms with Crippen molar-refractivity contribution in [1.29, 1.82) is 0 Å². The van der Waals surface area contributed by atoms with Gasteiger partial charge in [-0.1, -0.05) is 5.92 Å². The molecule has 4 rings (SSSR count). The Balaban J connectivity index is 1.55. The van der Waals surface area contributed by atoms with Crippen LogP contribution in [0.25, 0.3) is 10.2 Å². The highest BCUT2D eigenvalue weighted by atomic mass is 32.1. The summed E-state index contributed by atoms with van der Waals surface area (Å²) >= 11 is 1.78. The van der Waals surface area contributed by atoms with Crippen LogP contribution in [0.2, 0.25) is 0 Å². The number of rotatable bonds is 6. The zero-order valence-corrected chi connectivity index (χ0v) is 16.9. The van der Waals surface area contributed by atoms with Gasteiger partial charge in [-0.15, -0.1) is 17.8 Å². The number of hydrogen-bond acceptors (Lipinski definition) is 6. The SMILES string of the molecule is C#CCOC[C@H]1CCc2sc3ncnc(O[C@H]4CC[C@H](N(C)C)CC4)c3c21. The average molecular weight is 386 g/mol. The van der Waals surface area contributed by atoms with E-state index < -0.39 is 0 Å². The van der Waals surface area contributed by atoms with Crippen molar-refractivity contribution in [2.24, 2.45) is 0 Å². The van der Waals surface area contributed by atoms with Gasteiger partial charge in [0.2, 0.25) is 5.88 Å². The minimum atomic E-state index is 0.243. The van der Waals surface area contributed by atoms with Crippen LogP contribution < -0.4 is 4.74 Å². The Morgan fingerprint density at radius 1 is 1.22 bits per heavy atom. The molecule has 2 heterocycles. The predicted molar refractivity (Wildman–Crippen MR) is 108 cm³/mol. The minimum absolute atomic E-state index is 0.243. The highest BCUT2D eigenvalue weighted by molar-refractivity contribution is 7.19. The monoisotopic (exact) mass is 385 g/mol. The van der Waals surface area contributed by atoms with Crippen LogP contribution in [-0.4, -0.2) is 54.3 Å². The fraction of sp³-hybridized carbons (Fsp3) is 0.619. The van der Waals surface area contributed by atoms with E-state index in [-0.39, 0.29) is 6.10 Å². The van der Waals surface area contributed by atoms with Crippen molar-refractivity contribution >= 4 is 21.6 Å². The molecule has 0 aliphatic heterocycles. The van der Waals surface area contributed by atoms with Gasteiger partial charge in [0.25, 0.3) is 0 Å². The quantitative estimate of drug-likeness (QED) is 0.561. The third-order valence-electron chi connectivity index (χ3n) is 5.85.